The molecule has 6 nitrogen and oxygen atoms in total. The average molecular weight is 488 g/mol. The zero-order valence-corrected chi connectivity index (χ0v) is 18.8. The summed E-state index contributed by atoms with van der Waals surface area (Å²) in [6.07, 6.45) is 5.15. The lowest BCUT2D eigenvalue weighted by atomic mass is 10.1. The summed E-state index contributed by atoms with van der Waals surface area (Å²) < 4.78 is 11.0. The van der Waals surface area contributed by atoms with Gasteiger partial charge in [-0.25, -0.2) is 0 Å². The molecule has 152 valence electrons. The fraction of sp³-hybridized carbons (Fsp3) is 0.650. The fourth-order valence-corrected chi connectivity index (χ4v) is 3.77. The van der Waals surface area contributed by atoms with E-state index in [0.29, 0.717) is 12.1 Å². The van der Waals surface area contributed by atoms with E-state index in [1.807, 2.05) is 19.2 Å². The summed E-state index contributed by atoms with van der Waals surface area (Å²) in [6.45, 7) is 4.83. The molecule has 2 aliphatic rings. The third-order valence-corrected chi connectivity index (χ3v) is 5.29. The van der Waals surface area contributed by atoms with Crippen LogP contribution in [0.15, 0.2) is 29.3 Å². The van der Waals surface area contributed by atoms with Crippen LogP contribution in [0, 0.1) is 0 Å². The first-order chi connectivity index (χ1) is 12.8. The van der Waals surface area contributed by atoms with Gasteiger partial charge >= 0.3 is 0 Å². The smallest absolute Gasteiger partial charge is 0.191 e. The molecule has 0 bridgehead atoms. The van der Waals surface area contributed by atoms with Gasteiger partial charge in [-0.1, -0.05) is 12.1 Å². The minimum Gasteiger partial charge on any atom is -0.497 e. The van der Waals surface area contributed by atoms with Crippen LogP contribution in [0.2, 0.25) is 0 Å². The number of ether oxygens (including phenoxy) is 2. The number of nitrogens with one attached hydrogen (secondary N) is 2. The van der Waals surface area contributed by atoms with Gasteiger partial charge in [0.2, 0.25) is 0 Å². The number of likely N-dealkylation sites (tertiary alicyclic amines) is 1. The molecule has 0 aliphatic carbocycles. The normalized spacial score (nSPS) is 21.6. The lowest BCUT2D eigenvalue weighted by Crippen LogP contribution is -2.44. The van der Waals surface area contributed by atoms with Crippen molar-refractivity contribution in [3.63, 3.8) is 0 Å². The highest BCUT2D eigenvalue weighted by Crippen LogP contribution is 2.26. The number of halogens is 1. The lowest BCUT2D eigenvalue weighted by Gasteiger charge is -2.29. The molecule has 0 spiro atoms. The topological polar surface area (TPSA) is 58.1 Å². The Morgan fingerprint density at radius 3 is 2.56 bits per heavy atom. The Bertz CT molecular complexity index is 570. The number of guanidine groups is 1. The number of nitrogens with zero attached hydrogens (tertiary/aromatic N) is 2. The molecule has 2 unspecified atom stereocenters. The van der Waals surface area contributed by atoms with E-state index in [2.05, 4.69) is 32.7 Å². The van der Waals surface area contributed by atoms with E-state index in [1.54, 1.807) is 7.11 Å². The summed E-state index contributed by atoms with van der Waals surface area (Å²) in [5.41, 5.74) is 1.31. The molecule has 27 heavy (non-hydrogen) atoms. The Morgan fingerprint density at radius 1 is 1.22 bits per heavy atom. The first-order valence-corrected chi connectivity index (χ1v) is 9.74. The van der Waals surface area contributed by atoms with Crippen molar-refractivity contribution in [3.8, 4) is 5.75 Å². The second-order valence-corrected chi connectivity index (χ2v) is 7.00. The minimum absolute atomic E-state index is 0. The van der Waals surface area contributed by atoms with Crippen molar-refractivity contribution >= 4 is 29.9 Å². The summed E-state index contributed by atoms with van der Waals surface area (Å²) in [6, 6.07) is 8.77. The maximum Gasteiger partial charge on any atom is 0.191 e. The van der Waals surface area contributed by atoms with Gasteiger partial charge < -0.3 is 20.1 Å². The van der Waals surface area contributed by atoms with Gasteiger partial charge in [0.25, 0.3) is 0 Å². The van der Waals surface area contributed by atoms with Gasteiger partial charge in [-0.3, -0.25) is 9.89 Å². The number of hydrogen-bond donors (Lipinski definition) is 2. The van der Waals surface area contributed by atoms with Gasteiger partial charge in [-0.2, -0.15) is 0 Å². The van der Waals surface area contributed by atoms with Crippen LogP contribution in [0.3, 0.4) is 0 Å². The van der Waals surface area contributed by atoms with Crippen LogP contribution in [0.5, 0.6) is 5.75 Å². The molecule has 1 aromatic rings. The first kappa shape index (κ1) is 22.2. The van der Waals surface area contributed by atoms with Crippen molar-refractivity contribution in [1.29, 1.82) is 0 Å². The van der Waals surface area contributed by atoms with Crippen LogP contribution in [0.25, 0.3) is 0 Å². The summed E-state index contributed by atoms with van der Waals surface area (Å²) in [5, 5.41) is 6.91. The predicted molar refractivity (Wildman–Crippen MR) is 120 cm³/mol. The van der Waals surface area contributed by atoms with Crippen LogP contribution in [-0.2, 0) is 4.74 Å². The predicted octanol–water partition coefficient (Wildman–Crippen LogP) is 2.79. The number of benzene rings is 1. The molecule has 2 N–H and O–H groups in total. The van der Waals surface area contributed by atoms with Gasteiger partial charge in [0.15, 0.2) is 5.96 Å². The van der Waals surface area contributed by atoms with Crippen LogP contribution in [0.1, 0.15) is 37.3 Å². The van der Waals surface area contributed by atoms with Gasteiger partial charge in [0, 0.05) is 26.7 Å². The molecule has 0 aromatic heterocycles. The van der Waals surface area contributed by atoms with Crippen molar-refractivity contribution in [2.75, 3.05) is 46.9 Å². The van der Waals surface area contributed by atoms with Crippen molar-refractivity contribution in [1.82, 2.24) is 15.5 Å². The van der Waals surface area contributed by atoms with Crippen LogP contribution < -0.4 is 15.4 Å². The Labute approximate surface area is 180 Å². The molecular weight excluding hydrogens is 455 g/mol. The SMILES string of the molecule is CN=C(NCC1CCCO1)NCC(c1ccc(OC)cc1)N1CCCC1.I. The quantitative estimate of drug-likeness (QED) is 0.351. The minimum atomic E-state index is 0. The summed E-state index contributed by atoms with van der Waals surface area (Å²) in [7, 11) is 3.53. The third-order valence-electron chi connectivity index (χ3n) is 5.29. The molecule has 0 amide bonds. The zero-order valence-electron chi connectivity index (χ0n) is 16.4. The molecule has 2 atom stereocenters. The van der Waals surface area contributed by atoms with Gasteiger partial charge in [-0.05, 0) is 56.5 Å². The Hall–Kier alpha value is -1.06. The monoisotopic (exact) mass is 488 g/mol. The molecule has 1 aromatic carbocycles. The molecule has 7 heteroatoms. The maximum atomic E-state index is 5.68. The van der Waals surface area contributed by atoms with E-state index in [1.165, 1.54) is 18.4 Å². The van der Waals surface area contributed by atoms with Crippen molar-refractivity contribution in [2.24, 2.45) is 4.99 Å². The lowest BCUT2D eigenvalue weighted by molar-refractivity contribution is 0.113. The number of aliphatic imine (C=N–C) groups is 1. The van der Waals surface area contributed by atoms with Crippen LogP contribution >= 0.6 is 24.0 Å². The highest BCUT2D eigenvalue weighted by Gasteiger charge is 2.24. The second kappa shape index (κ2) is 11.7. The van der Waals surface area contributed by atoms with Crippen molar-refractivity contribution < 1.29 is 9.47 Å². The third kappa shape index (κ3) is 6.50. The maximum absolute atomic E-state index is 5.68. The molecule has 0 saturated carbocycles. The van der Waals surface area contributed by atoms with Gasteiger partial charge in [0.05, 0.1) is 19.3 Å². The Morgan fingerprint density at radius 2 is 1.96 bits per heavy atom. The summed E-state index contributed by atoms with van der Waals surface area (Å²) in [5.74, 6) is 1.74. The highest BCUT2D eigenvalue weighted by atomic mass is 127. The van der Waals surface area contributed by atoms with Crippen molar-refractivity contribution in [3.05, 3.63) is 29.8 Å². The van der Waals surface area contributed by atoms with E-state index in [4.69, 9.17) is 9.47 Å². The molecule has 3 rings (SSSR count). The van der Waals surface area contributed by atoms with E-state index < -0.39 is 0 Å². The number of rotatable bonds is 7. The van der Waals surface area contributed by atoms with Crippen molar-refractivity contribution in [2.45, 2.75) is 37.8 Å². The Kier molecular flexibility index (Phi) is 9.64. The van der Waals surface area contributed by atoms with E-state index in [0.717, 1.165) is 57.3 Å². The molecule has 0 radical (unpaired) electrons. The van der Waals surface area contributed by atoms with E-state index in [9.17, 15) is 0 Å². The number of methoxy groups -OCH3 is 1. The molecule has 2 fully saturated rings. The second-order valence-electron chi connectivity index (χ2n) is 7.00. The van der Waals surface area contributed by atoms with Gasteiger partial charge in [0.1, 0.15) is 5.75 Å². The van der Waals surface area contributed by atoms with Crippen LogP contribution in [-0.4, -0.2) is 63.9 Å². The zero-order chi connectivity index (χ0) is 18.2. The highest BCUT2D eigenvalue weighted by molar-refractivity contribution is 14.0. The van der Waals surface area contributed by atoms with E-state index in [-0.39, 0.29) is 24.0 Å². The standard InChI is InChI=1S/C20H32N4O2.HI/c1-21-20(22-14-18-6-5-13-26-18)23-15-19(24-11-3-4-12-24)16-7-9-17(25-2)10-8-16;/h7-10,18-19H,3-6,11-15H2,1-2H3,(H2,21,22,23);1H. The summed E-state index contributed by atoms with van der Waals surface area (Å²) in [4.78, 5) is 6.93. The van der Waals surface area contributed by atoms with E-state index >= 15 is 0 Å². The first-order valence-electron chi connectivity index (χ1n) is 9.74. The number of hydrogen-bond acceptors (Lipinski definition) is 4. The molecule has 2 aliphatic heterocycles. The fourth-order valence-electron chi connectivity index (χ4n) is 3.77. The molecular formula is C20H33IN4O2. The average Bonchev–Trinajstić information content (AvgIpc) is 3.39. The Balaban J connectivity index is 0.00000261. The molecule has 2 saturated heterocycles. The van der Waals surface area contributed by atoms with Crippen LogP contribution in [0.4, 0.5) is 0 Å². The molecule has 2 heterocycles. The largest absolute Gasteiger partial charge is 0.497 e. The van der Waals surface area contributed by atoms with Gasteiger partial charge in [-0.15, -0.1) is 24.0 Å². The summed E-state index contributed by atoms with van der Waals surface area (Å²) >= 11 is 0.